The molecule has 1 spiro atoms. The number of ether oxygens (including phenoxy) is 1. The van der Waals surface area contributed by atoms with Crippen LogP contribution in [0.2, 0.25) is 0 Å². The molecule has 0 aromatic rings. The maximum absolute atomic E-state index is 11.8. The Kier molecular flexibility index (Phi) is 3.52. The minimum absolute atomic E-state index is 0.0322. The van der Waals surface area contributed by atoms with Gasteiger partial charge in [0.25, 0.3) is 0 Å². The van der Waals surface area contributed by atoms with E-state index < -0.39 is 0 Å². The van der Waals surface area contributed by atoms with Crippen molar-refractivity contribution in [2.45, 2.75) is 31.3 Å². The first-order valence-electron chi connectivity index (χ1n) is 5.61. The van der Waals surface area contributed by atoms with Gasteiger partial charge in [0.15, 0.2) is 0 Å². The molecule has 0 amide bonds. The van der Waals surface area contributed by atoms with Crippen LogP contribution in [-0.4, -0.2) is 29.5 Å². The second kappa shape index (κ2) is 4.71. The summed E-state index contributed by atoms with van der Waals surface area (Å²) in [6.45, 7) is 4.39. The van der Waals surface area contributed by atoms with E-state index in [1.807, 2.05) is 11.8 Å². The van der Waals surface area contributed by atoms with E-state index in [1.54, 1.807) is 6.08 Å². The number of carbonyl (C=O) groups excluding carboxylic acids is 1. The molecule has 3 heteroatoms. The molecule has 0 N–H and O–H groups in total. The van der Waals surface area contributed by atoms with Gasteiger partial charge < -0.3 is 4.74 Å². The summed E-state index contributed by atoms with van der Waals surface area (Å²) in [6, 6.07) is 0. The second-order valence-electron chi connectivity index (χ2n) is 4.48. The molecule has 2 heterocycles. The normalized spacial score (nSPS) is 35.6. The summed E-state index contributed by atoms with van der Waals surface area (Å²) in [5, 5.41) is 0. The number of thioether (sulfide) groups is 1. The van der Waals surface area contributed by atoms with Crippen molar-refractivity contribution < 1.29 is 9.53 Å². The van der Waals surface area contributed by atoms with Crippen molar-refractivity contribution in [1.82, 2.24) is 0 Å². The molecule has 2 fully saturated rings. The zero-order valence-corrected chi connectivity index (χ0v) is 9.85. The zero-order chi connectivity index (χ0) is 10.7. The lowest BCUT2D eigenvalue weighted by Gasteiger charge is -2.37. The van der Waals surface area contributed by atoms with E-state index in [0.717, 1.165) is 31.6 Å². The third-order valence-corrected chi connectivity index (χ3v) is 4.58. The molecule has 0 aromatic heterocycles. The number of ketones is 1. The van der Waals surface area contributed by atoms with Crippen LogP contribution in [0.3, 0.4) is 0 Å². The highest BCUT2D eigenvalue weighted by Gasteiger charge is 2.41. The maximum atomic E-state index is 11.8. The van der Waals surface area contributed by atoms with E-state index in [1.165, 1.54) is 5.75 Å². The Morgan fingerprint density at radius 1 is 1.67 bits per heavy atom. The molecule has 2 atom stereocenters. The Labute approximate surface area is 95.5 Å². The Balaban J connectivity index is 1.97. The first-order chi connectivity index (χ1) is 7.26. The lowest BCUT2D eigenvalue weighted by Crippen LogP contribution is -2.41. The van der Waals surface area contributed by atoms with Crippen molar-refractivity contribution in [2.75, 3.05) is 18.1 Å². The zero-order valence-electron chi connectivity index (χ0n) is 9.04. The van der Waals surface area contributed by atoms with Crippen LogP contribution >= 0.6 is 11.8 Å². The molecule has 15 heavy (non-hydrogen) atoms. The van der Waals surface area contributed by atoms with Crippen LogP contribution < -0.4 is 0 Å². The van der Waals surface area contributed by atoms with Gasteiger partial charge in [0.1, 0.15) is 5.78 Å². The van der Waals surface area contributed by atoms with E-state index in [4.69, 9.17) is 4.74 Å². The van der Waals surface area contributed by atoms with Crippen molar-refractivity contribution >= 4 is 17.5 Å². The smallest absolute Gasteiger partial charge is 0.139 e. The maximum Gasteiger partial charge on any atom is 0.139 e. The van der Waals surface area contributed by atoms with Gasteiger partial charge in [-0.25, -0.2) is 0 Å². The summed E-state index contributed by atoms with van der Waals surface area (Å²) >= 11 is 1.95. The van der Waals surface area contributed by atoms with Gasteiger partial charge in [-0.15, -0.1) is 6.58 Å². The number of allylic oxidation sites excluding steroid dienone is 1. The molecular formula is C12H18O2S. The van der Waals surface area contributed by atoms with Crippen molar-refractivity contribution in [3.8, 4) is 0 Å². The molecule has 84 valence electrons. The molecule has 0 aromatic carbocycles. The van der Waals surface area contributed by atoms with Crippen LogP contribution in [0.25, 0.3) is 0 Å². The minimum atomic E-state index is 0.0322. The fraction of sp³-hybridized carbons (Fsp3) is 0.750. The topological polar surface area (TPSA) is 26.3 Å². The van der Waals surface area contributed by atoms with Crippen LogP contribution in [0.4, 0.5) is 0 Å². The molecule has 2 aliphatic rings. The minimum Gasteiger partial charge on any atom is -0.374 e. The molecule has 0 bridgehead atoms. The number of hydrogen-bond acceptors (Lipinski definition) is 3. The predicted octanol–water partition coefficient (Wildman–Crippen LogP) is 2.43. The standard InChI is InChI=1S/C12H18O2S/c1-2-3-11(13)10-4-6-14-12(8-10)5-7-15-9-12/h2,10H,1,3-9H2. The summed E-state index contributed by atoms with van der Waals surface area (Å²) < 4.78 is 5.89. The van der Waals surface area contributed by atoms with E-state index in [-0.39, 0.29) is 11.5 Å². The summed E-state index contributed by atoms with van der Waals surface area (Å²) in [5.74, 6) is 2.83. The Hall–Kier alpha value is -0.280. The van der Waals surface area contributed by atoms with Gasteiger partial charge in [-0.2, -0.15) is 11.8 Å². The SMILES string of the molecule is C=CCC(=O)C1CCOC2(CCSC2)C1. The van der Waals surface area contributed by atoms with E-state index >= 15 is 0 Å². The second-order valence-corrected chi connectivity index (χ2v) is 5.59. The number of carbonyl (C=O) groups is 1. The Morgan fingerprint density at radius 3 is 3.20 bits per heavy atom. The van der Waals surface area contributed by atoms with Crippen LogP contribution in [-0.2, 0) is 9.53 Å². The highest BCUT2D eigenvalue weighted by atomic mass is 32.2. The van der Waals surface area contributed by atoms with E-state index in [2.05, 4.69) is 6.58 Å². The molecular weight excluding hydrogens is 208 g/mol. The summed E-state index contributed by atoms with van der Waals surface area (Å²) in [5.41, 5.74) is 0.0322. The molecule has 0 saturated carbocycles. The van der Waals surface area contributed by atoms with E-state index in [0.29, 0.717) is 12.2 Å². The Morgan fingerprint density at radius 2 is 2.53 bits per heavy atom. The molecule has 2 saturated heterocycles. The molecule has 2 nitrogen and oxygen atoms in total. The number of hydrogen-bond donors (Lipinski definition) is 0. The number of Topliss-reactive ketones (excluding diaryl/α,β-unsaturated/α-hetero) is 1. The van der Waals surface area contributed by atoms with Gasteiger partial charge in [0.05, 0.1) is 5.60 Å². The van der Waals surface area contributed by atoms with Crippen LogP contribution in [0, 0.1) is 5.92 Å². The highest BCUT2D eigenvalue weighted by Crippen LogP contribution is 2.40. The Bertz CT molecular complexity index is 256. The fourth-order valence-corrected chi connectivity index (χ4v) is 3.85. The van der Waals surface area contributed by atoms with Gasteiger partial charge in [-0.3, -0.25) is 4.79 Å². The average molecular weight is 226 g/mol. The van der Waals surface area contributed by atoms with Crippen LogP contribution in [0.1, 0.15) is 25.7 Å². The highest BCUT2D eigenvalue weighted by molar-refractivity contribution is 7.99. The quantitative estimate of drug-likeness (QED) is 0.691. The van der Waals surface area contributed by atoms with Crippen LogP contribution in [0.15, 0.2) is 12.7 Å². The van der Waals surface area contributed by atoms with Crippen molar-refractivity contribution in [1.29, 1.82) is 0 Å². The van der Waals surface area contributed by atoms with Gasteiger partial charge in [-0.1, -0.05) is 6.08 Å². The lowest BCUT2D eigenvalue weighted by molar-refractivity contribution is -0.133. The molecule has 2 aliphatic heterocycles. The molecule has 0 radical (unpaired) electrons. The summed E-state index contributed by atoms with van der Waals surface area (Å²) in [6.07, 6.45) is 5.20. The monoisotopic (exact) mass is 226 g/mol. The average Bonchev–Trinajstić information content (AvgIpc) is 2.67. The molecule has 2 rings (SSSR count). The first-order valence-corrected chi connectivity index (χ1v) is 6.76. The third-order valence-electron chi connectivity index (χ3n) is 3.36. The molecule has 0 aliphatic carbocycles. The summed E-state index contributed by atoms with van der Waals surface area (Å²) in [4.78, 5) is 11.8. The van der Waals surface area contributed by atoms with Crippen molar-refractivity contribution in [2.24, 2.45) is 5.92 Å². The fourth-order valence-electron chi connectivity index (χ4n) is 2.47. The lowest BCUT2D eigenvalue weighted by atomic mass is 9.82. The van der Waals surface area contributed by atoms with E-state index in [9.17, 15) is 4.79 Å². The first kappa shape index (κ1) is 11.2. The van der Waals surface area contributed by atoms with Gasteiger partial charge in [-0.05, 0) is 25.0 Å². The third kappa shape index (κ3) is 2.45. The van der Waals surface area contributed by atoms with Gasteiger partial charge in [0.2, 0.25) is 0 Å². The van der Waals surface area contributed by atoms with Gasteiger partial charge in [0, 0.05) is 24.7 Å². The van der Waals surface area contributed by atoms with Crippen molar-refractivity contribution in [3.05, 3.63) is 12.7 Å². The predicted molar refractivity (Wildman–Crippen MR) is 63.2 cm³/mol. The molecule has 2 unspecified atom stereocenters. The van der Waals surface area contributed by atoms with Crippen molar-refractivity contribution in [3.63, 3.8) is 0 Å². The van der Waals surface area contributed by atoms with Gasteiger partial charge >= 0.3 is 0 Å². The largest absolute Gasteiger partial charge is 0.374 e. The summed E-state index contributed by atoms with van der Waals surface area (Å²) in [7, 11) is 0. The van der Waals surface area contributed by atoms with Crippen LogP contribution in [0.5, 0.6) is 0 Å². The number of rotatable bonds is 3.